The monoisotopic (exact) mass is 355 g/mol. The third-order valence-electron chi connectivity index (χ3n) is 3.62. The van der Waals surface area contributed by atoms with Crippen LogP contribution in [0.25, 0.3) is 0 Å². The third-order valence-corrected chi connectivity index (χ3v) is 3.95. The molecule has 0 radical (unpaired) electrons. The SMILES string of the molecule is COc1ccc(C)cc1Nc1ncnc(Nc2ccccc2Cl)c1N. The van der Waals surface area contributed by atoms with Crippen LogP contribution in [0.4, 0.5) is 28.7 Å². The highest BCUT2D eigenvalue weighted by molar-refractivity contribution is 6.33. The summed E-state index contributed by atoms with van der Waals surface area (Å²) in [6, 6.07) is 13.2. The number of para-hydroxylation sites is 1. The number of benzene rings is 2. The highest BCUT2D eigenvalue weighted by atomic mass is 35.5. The lowest BCUT2D eigenvalue weighted by Crippen LogP contribution is -2.06. The van der Waals surface area contributed by atoms with Crippen LogP contribution in [0, 0.1) is 6.92 Å². The molecule has 0 aliphatic carbocycles. The predicted octanol–water partition coefficient (Wildman–Crippen LogP) is 4.52. The predicted molar refractivity (Wildman–Crippen MR) is 102 cm³/mol. The number of anilines is 5. The van der Waals surface area contributed by atoms with E-state index in [0.717, 1.165) is 11.3 Å². The first-order valence-electron chi connectivity index (χ1n) is 7.62. The fourth-order valence-electron chi connectivity index (χ4n) is 2.33. The van der Waals surface area contributed by atoms with Gasteiger partial charge in [-0.25, -0.2) is 9.97 Å². The van der Waals surface area contributed by atoms with Crippen LogP contribution in [0.2, 0.25) is 5.02 Å². The number of hydrogen-bond donors (Lipinski definition) is 3. The van der Waals surface area contributed by atoms with Crippen molar-refractivity contribution in [2.45, 2.75) is 6.92 Å². The van der Waals surface area contributed by atoms with Crippen LogP contribution in [0.1, 0.15) is 5.56 Å². The zero-order chi connectivity index (χ0) is 17.8. The van der Waals surface area contributed by atoms with Gasteiger partial charge in [0.05, 0.1) is 23.5 Å². The molecule has 0 aliphatic rings. The summed E-state index contributed by atoms with van der Waals surface area (Å²) in [5.74, 6) is 1.65. The van der Waals surface area contributed by atoms with E-state index in [4.69, 9.17) is 22.1 Å². The van der Waals surface area contributed by atoms with Crippen LogP contribution in [0.15, 0.2) is 48.8 Å². The third kappa shape index (κ3) is 3.75. The summed E-state index contributed by atoms with van der Waals surface area (Å²) in [5, 5.41) is 6.91. The van der Waals surface area contributed by atoms with Gasteiger partial charge in [0, 0.05) is 0 Å². The first-order chi connectivity index (χ1) is 12.1. The molecule has 0 amide bonds. The average molecular weight is 356 g/mol. The molecule has 1 heterocycles. The summed E-state index contributed by atoms with van der Waals surface area (Å²) < 4.78 is 5.37. The van der Waals surface area contributed by atoms with Gasteiger partial charge in [-0.1, -0.05) is 29.8 Å². The van der Waals surface area contributed by atoms with Crippen LogP contribution < -0.4 is 21.1 Å². The lowest BCUT2D eigenvalue weighted by molar-refractivity contribution is 0.416. The maximum absolute atomic E-state index is 6.22. The Bertz CT molecular complexity index is 900. The van der Waals surface area contributed by atoms with Crippen molar-refractivity contribution in [3.8, 4) is 5.75 Å². The van der Waals surface area contributed by atoms with Crippen molar-refractivity contribution in [2.24, 2.45) is 0 Å². The quantitative estimate of drug-likeness (QED) is 0.624. The zero-order valence-electron chi connectivity index (χ0n) is 13.9. The van der Waals surface area contributed by atoms with Gasteiger partial charge in [0.1, 0.15) is 17.8 Å². The molecule has 3 rings (SSSR count). The molecule has 0 bridgehead atoms. The highest BCUT2D eigenvalue weighted by Gasteiger charge is 2.12. The number of nitrogens with one attached hydrogen (secondary N) is 2. The van der Waals surface area contributed by atoms with E-state index >= 15 is 0 Å². The number of halogens is 1. The van der Waals surface area contributed by atoms with E-state index in [1.165, 1.54) is 6.33 Å². The van der Waals surface area contributed by atoms with Crippen molar-refractivity contribution in [2.75, 3.05) is 23.5 Å². The van der Waals surface area contributed by atoms with Crippen molar-refractivity contribution in [1.82, 2.24) is 9.97 Å². The Labute approximate surface area is 151 Å². The molecule has 0 atom stereocenters. The van der Waals surface area contributed by atoms with Crippen molar-refractivity contribution >= 4 is 40.3 Å². The zero-order valence-corrected chi connectivity index (χ0v) is 14.6. The normalized spacial score (nSPS) is 10.4. The summed E-state index contributed by atoms with van der Waals surface area (Å²) in [6.07, 6.45) is 1.43. The first kappa shape index (κ1) is 16.9. The number of nitrogens with zero attached hydrogens (tertiary/aromatic N) is 2. The van der Waals surface area contributed by atoms with Gasteiger partial charge in [0.25, 0.3) is 0 Å². The summed E-state index contributed by atoms with van der Waals surface area (Å²) in [4.78, 5) is 8.43. The standard InChI is InChI=1S/C18H18ClN5O/c1-11-7-8-15(25-2)14(9-11)24-18-16(20)17(21-10-22-18)23-13-6-4-3-5-12(13)19/h3-10H,20H2,1-2H3,(H2,21,22,23,24). The van der Waals surface area contributed by atoms with Gasteiger partial charge >= 0.3 is 0 Å². The van der Waals surface area contributed by atoms with Crippen LogP contribution >= 0.6 is 11.6 Å². The smallest absolute Gasteiger partial charge is 0.159 e. The molecule has 0 saturated heterocycles. The minimum Gasteiger partial charge on any atom is -0.495 e. The summed E-state index contributed by atoms with van der Waals surface area (Å²) in [7, 11) is 1.61. The van der Waals surface area contributed by atoms with Gasteiger partial charge < -0.3 is 21.1 Å². The van der Waals surface area contributed by atoms with Crippen LogP contribution in [-0.4, -0.2) is 17.1 Å². The molecular formula is C18H18ClN5O. The van der Waals surface area contributed by atoms with E-state index < -0.39 is 0 Å². The Hall–Kier alpha value is -2.99. The van der Waals surface area contributed by atoms with Gasteiger partial charge in [-0.3, -0.25) is 0 Å². The van der Waals surface area contributed by atoms with E-state index in [0.29, 0.717) is 33.8 Å². The second kappa shape index (κ2) is 7.27. The lowest BCUT2D eigenvalue weighted by Gasteiger charge is -2.15. The molecule has 3 aromatic rings. The number of nitrogens with two attached hydrogens (primary N) is 1. The second-order valence-corrected chi connectivity index (χ2v) is 5.83. The topological polar surface area (TPSA) is 85.1 Å². The molecule has 7 heteroatoms. The molecular weight excluding hydrogens is 338 g/mol. The molecule has 25 heavy (non-hydrogen) atoms. The summed E-state index contributed by atoms with van der Waals surface area (Å²) >= 11 is 6.17. The van der Waals surface area contributed by atoms with Crippen molar-refractivity contribution in [3.63, 3.8) is 0 Å². The average Bonchev–Trinajstić information content (AvgIpc) is 2.60. The Morgan fingerprint density at radius 2 is 1.68 bits per heavy atom. The summed E-state index contributed by atoms with van der Waals surface area (Å²) in [6.45, 7) is 2.00. The molecule has 0 spiro atoms. The molecule has 0 unspecified atom stereocenters. The van der Waals surface area contributed by atoms with Crippen molar-refractivity contribution in [1.29, 1.82) is 0 Å². The Morgan fingerprint density at radius 1 is 1.00 bits per heavy atom. The minimum absolute atomic E-state index is 0.381. The molecule has 128 valence electrons. The van der Waals surface area contributed by atoms with Crippen molar-refractivity contribution < 1.29 is 4.74 Å². The highest BCUT2D eigenvalue weighted by Crippen LogP contribution is 2.33. The summed E-state index contributed by atoms with van der Waals surface area (Å²) in [5.41, 5.74) is 9.18. The molecule has 2 aromatic carbocycles. The Balaban J connectivity index is 1.92. The maximum Gasteiger partial charge on any atom is 0.159 e. The van der Waals surface area contributed by atoms with Gasteiger partial charge in [-0.05, 0) is 36.8 Å². The van der Waals surface area contributed by atoms with Gasteiger partial charge in [0.15, 0.2) is 11.6 Å². The molecule has 0 aliphatic heterocycles. The largest absolute Gasteiger partial charge is 0.495 e. The van der Waals surface area contributed by atoms with Crippen LogP contribution in [0.3, 0.4) is 0 Å². The van der Waals surface area contributed by atoms with Gasteiger partial charge in [-0.2, -0.15) is 0 Å². The first-order valence-corrected chi connectivity index (χ1v) is 8.00. The Morgan fingerprint density at radius 3 is 2.36 bits per heavy atom. The number of aromatic nitrogens is 2. The maximum atomic E-state index is 6.22. The van der Waals surface area contributed by atoms with E-state index in [9.17, 15) is 0 Å². The molecule has 4 N–H and O–H groups in total. The molecule has 0 saturated carbocycles. The molecule has 6 nitrogen and oxygen atoms in total. The molecule has 1 aromatic heterocycles. The van der Waals surface area contributed by atoms with Crippen molar-refractivity contribution in [3.05, 3.63) is 59.4 Å². The number of nitrogen functional groups attached to an aromatic ring is 1. The Kier molecular flexibility index (Phi) is 4.90. The number of rotatable bonds is 5. The number of hydrogen-bond acceptors (Lipinski definition) is 6. The lowest BCUT2D eigenvalue weighted by atomic mass is 10.2. The van der Waals surface area contributed by atoms with E-state index in [1.807, 2.05) is 43.3 Å². The minimum atomic E-state index is 0.381. The fraction of sp³-hybridized carbons (Fsp3) is 0.111. The van der Waals surface area contributed by atoms with E-state index in [2.05, 4.69) is 20.6 Å². The number of methoxy groups -OCH3 is 1. The second-order valence-electron chi connectivity index (χ2n) is 5.42. The number of aryl methyl sites for hydroxylation is 1. The van der Waals surface area contributed by atoms with Crippen LogP contribution in [0.5, 0.6) is 5.75 Å². The van der Waals surface area contributed by atoms with Crippen LogP contribution in [-0.2, 0) is 0 Å². The van der Waals surface area contributed by atoms with Gasteiger partial charge in [-0.15, -0.1) is 0 Å². The number of ether oxygens (including phenoxy) is 1. The van der Waals surface area contributed by atoms with E-state index in [-0.39, 0.29) is 0 Å². The van der Waals surface area contributed by atoms with Gasteiger partial charge in [0.2, 0.25) is 0 Å². The fourth-order valence-corrected chi connectivity index (χ4v) is 2.51. The molecule has 0 fully saturated rings. The van der Waals surface area contributed by atoms with E-state index in [1.54, 1.807) is 13.2 Å².